The highest BCUT2D eigenvalue weighted by atomic mass is 32.2. The lowest BCUT2D eigenvalue weighted by Crippen LogP contribution is -2.17. The van der Waals surface area contributed by atoms with Crippen LogP contribution < -0.4 is 0 Å². The van der Waals surface area contributed by atoms with E-state index in [9.17, 15) is 18.3 Å². The molecule has 0 aromatic heterocycles. The molecule has 15 heavy (non-hydrogen) atoms. The van der Waals surface area contributed by atoms with Crippen molar-refractivity contribution in [2.75, 3.05) is 0 Å². The first kappa shape index (κ1) is 10.2. The van der Waals surface area contributed by atoms with Crippen LogP contribution in [0.2, 0.25) is 0 Å². The van der Waals surface area contributed by atoms with Crippen molar-refractivity contribution in [2.45, 2.75) is 23.0 Å². The molecule has 1 N–H and O–H groups in total. The first-order valence-corrected chi connectivity index (χ1v) is 6.10. The number of aromatic hydroxyl groups is 1. The van der Waals surface area contributed by atoms with Gasteiger partial charge in [0.1, 0.15) is 12.0 Å². The van der Waals surface area contributed by atoms with Crippen molar-refractivity contribution in [3.05, 3.63) is 23.8 Å². The van der Waals surface area contributed by atoms with E-state index in [4.69, 9.17) is 0 Å². The Kier molecular flexibility index (Phi) is 2.26. The molecule has 0 saturated heterocycles. The maximum Gasteiger partial charge on any atom is 0.182 e. The third-order valence-electron chi connectivity index (χ3n) is 2.60. The summed E-state index contributed by atoms with van der Waals surface area (Å²) in [6.45, 7) is 0. The Morgan fingerprint density at radius 2 is 2.20 bits per heavy atom. The van der Waals surface area contributed by atoms with Crippen molar-refractivity contribution in [3.8, 4) is 5.75 Å². The van der Waals surface area contributed by atoms with Gasteiger partial charge in [-0.05, 0) is 30.2 Å². The van der Waals surface area contributed by atoms with E-state index in [1.807, 2.05) is 0 Å². The summed E-state index contributed by atoms with van der Waals surface area (Å²) >= 11 is 0. The third-order valence-corrected chi connectivity index (χ3v) is 4.84. The van der Waals surface area contributed by atoms with E-state index in [-0.39, 0.29) is 17.1 Å². The molecule has 0 radical (unpaired) electrons. The summed E-state index contributed by atoms with van der Waals surface area (Å²) in [5, 5.41) is 8.56. The van der Waals surface area contributed by atoms with E-state index in [0.29, 0.717) is 18.3 Å². The molecule has 1 unspecified atom stereocenters. The number of benzene rings is 1. The molecule has 0 saturated carbocycles. The molecule has 1 atom stereocenters. The van der Waals surface area contributed by atoms with Gasteiger partial charge in [0.05, 0.1) is 10.1 Å². The van der Waals surface area contributed by atoms with Crippen LogP contribution in [0.5, 0.6) is 5.75 Å². The summed E-state index contributed by atoms with van der Waals surface area (Å²) in [5.41, 5.74) is 0.599. The van der Waals surface area contributed by atoms with Gasteiger partial charge in [0.25, 0.3) is 0 Å². The van der Waals surface area contributed by atoms with Crippen LogP contribution in [0.15, 0.2) is 23.1 Å². The SMILES string of the molecule is O=CCC1Cc2cc(O)ccc2S1(=O)=O. The zero-order valence-corrected chi connectivity index (χ0v) is 8.70. The Morgan fingerprint density at radius 1 is 1.47 bits per heavy atom. The number of fused-ring (bicyclic) bond motifs is 1. The van der Waals surface area contributed by atoms with Gasteiger partial charge in [-0.1, -0.05) is 0 Å². The fourth-order valence-corrected chi connectivity index (χ4v) is 3.71. The summed E-state index contributed by atoms with van der Waals surface area (Å²) in [4.78, 5) is 10.6. The minimum Gasteiger partial charge on any atom is -0.508 e. The zero-order valence-electron chi connectivity index (χ0n) is 7.88. The van der Waals surface area contributed by atoms with Crippen molar-refractivity contribution >= 4 is 16.1 Å². The van der Waals surface area contributed by atoms with Crippen LogP contribution in [0, 0.1) is 0 Å². The van der Waals surface area contributed by atoms with Gasteiger partial charge in [0.15, 0.2) is 9.84 Å². The van der Waals surface area contributed by atoms with Gasteiger partial charge in [0.2, 0.25) is 0 Å². The topological polar surface area (TPSA) is 71.4 Å². The predicted molar refractivity (Wildman–Crippen MR) is 53.5 cm³/mol. The monoisotopic (exact) mass is 226 g/mol. The number of phenolic OH excluding ortho intramolecular Hbond substituents is 1. The minimum absolute atomic E-state index is 0.0117. The lowest BCUT2D eigenvalue weighted by atomic mass is 10.1. The third kappa shape index (κ3) is 1.52. The normalized spacial score (nSPS) is 22.3. The summed E-state index contributed by atoms with van der Waals surface area (Å²) in [6.07, 6.45) is 0.941. The first-order valence-electron chi connectivity index (χ1n) is 4.55. The standard InChI is InChI=1S/C10H10O4S/c11-4-3-9-6-7-5-8(12)1-2-10(7)15(9,13)14/h1-2,4-5,9,12H,3,6H2. The highest BCUT2D eigenvalue weighted by Crippen LogP contribution is 2.34. The molecule has 1 aliphatic rings. The molecule has 5 heteroatoms. The van der Waals surface area contributed by atoms with Gasteiger partial charge in [-0.15, -0.1) is 0 Å². The van der Waals surface area contributed by atoms with Crippen LogP contribution in [0.3, 0.4) is 0 Å². The molecule has 80 valence electrons. The zero-order chi connectivity index (χ0) is 11.1. The molecule has 0 fully saturated rings. The molecular formula is C10H10O4S. The second kappa shape index (κ2) is 3.34. The molecule has 1 aliphatic heterocycles. The number of phenols is 1. The van der Waals surface area contributed by atoms with Crippen LogP contribution >= 0.6 is 0 Å². The van der Waals surface area contributed by atoms with Gasteiger partial charge in [-0.2, -0.15) is 0 Å². The summed E-state index contributed by atoms with van der Waals surface area (Å²) in [5.74, 6) is 0.0516. The highest BCUT2D eigenvalue weighted by Gasteiger charge is 2.36. The van der Waals surface area contributed by atoms with Crippen LogP contribution in [-0.4, -0.2) is 25.1 Å². The largest absolute Gasteiger partial charge is 0.508 e. The molecular weight excluding hydrogens is 216 g/mol. The molecule has 0 spiro atoms. The van der Waals surface area contributed by atoms with Crippen LogP contribution in [-0.2, 0) is 21.1 Å². The van der Waals surface area contributed by atoms with E-state index in [2.05, 4.69) is 0 Å². The fourth-order valence-electron chi connectivity index (χ4n) is 1.85. The quantitative estimate of drug-likeness (QED) is 0.753. The van der Waals surface area contributed by atoms with Crippen molar-refractivity contribution in [2.24, 2.45) is 0 Å². The Labute approximate surface area is 87.5 Å². The van der Waals surface area contributed by atoms with Crippen molar-refractivity contribution in [1.82, 2.24) is 0 Å². The van der Waals surface area contributed by atoms with E-state index in [1.54, 1.807) is 0 Å². The summed E-state index contributed by atoms with van der Waals surface area (Å²) < 4.78 is 23.7. The molecule has 0 amide bonds. The van der Waals surface area contributed by atoms with Crippen molar-refractivity contribution in [3.63, 3.8) is 0 Å². The number of carbonyl (C=O) groups excluding carboxylic acids is 1. The fraction of sp³-hybridized carbons (Fsp3) is 0.300. The number of sulfone groups is 1. The van der Waals surface area contributed by atoms with Gasteiger partial charge in [-0.3, -0.25) is 0 Å². The van der Waals surface area contributed by atoms with Crippen molar-refractivity contribution < 1.29 is 18.3 Å². The molecule has 1 heterocycles. The predicted octanol–water partition coefficient (Wildman–Crippen LogP) is 0.680. The van der Waals surface area contributed by atoms with Crippen LogP contribution in [0.25, 0.3) is 0 Å². The van der Waals surface area contributed by atoms with E-state index >= 15 is 0 Å². The Balaban J connectivity index is 2.52. The van der Waals surface area contributed by atoms with Crippen LogP contribution in [0.4, 0.5) is 0 Å². The molecule has 0 bridgehead atoms. The first-order chi connectivity index (χ1) is 7.05. The lowest BCUT2D eigenvalue weighted by molar-refractivity contribution is -0.107. The Morgan fingerprint density at radius 3 is 2.87 bits per heavy atom. The van der Waals surface area contributed by atoms with E-state index in [0.717, 1.165) is 0 Å². The maximum absolute atomic E-state index is 11.8. The average molecular weight is 226 g/mol. The smallest absolute Gasteiger partial charge is 0.182 e. The Hall–Kier alpha value is -1.36. The highest BCUT2D eigenvalue weighted by molar-refractivity contribution is 7.92. The molecule has 0 aliphatic carbocycles. The average Bonchev–Trinajstić information content (AvgIpc) is 2.39. The number of hydrogen-bond donors (Lipinski definition) is 1. The maximum atomic E-state index is 11.8. The minimum atomic E-state index is -3.37. The van der Waals surface area contributed by atoms with Crippen LogP contribution in [0.1, 0.15) is 12.0 Å². The molecule has 1 aromatic carbocycles. The number of rotatable bonds is 2. The molecule has 1 aromatic rings. The van der Waals surface area contributed by atoms with Gasteiger partial charge in [0, 0.05) is 6.42 Å². The molecule has 2 rings (SSSR count). The van der Waals surface area contributed by atoms with Gasteiger partial charge < -0.3 is 9.90 Å². The number of hydrogen-bond acceptors (Lipinski definition) is 4. The lowest BCUT2D eigenvalue weighted by Gasteiger charge is -2.03. The number of carbonyl (C=O) groups is 1. The van der Waals surface area contributed by atoms with E-state index < -0.39 is 15.1 Å². The Bertz CT molecular complexity index is 504. The summed E-state index contributed by atoms with van der Waals surface area (Å²) in [6, 6.07) is 4.18. The summed E-state index contributed by atoms with van der Waals surface area (Å²) in [7, 11) is -3.37. The van der Waals surface area contributed by atoms with E-state index in [1.165, 1.54) is 18.2 Å². The number of aldehydes is 1. The van der Waals surface area contributed by atoms with Gasteiger partial charge >= 0.3 is 0 Å². The van der Waals surface area contributed by atoms with Crippen molar-refractivity contribution in [1.29, 1.82) is 0 Å². The van der Waals surface area contributed by atoms with Gasteiger partial charge in [-0.25, -0.2) is 8.42 Å². The second-order valence-corrected chi connectivity index (χ2v) is 5.76. The second-order valence-electron chi connectivity index (χ2n) is 3.57. The molecule has 4 nitrogen and oxygen atoms in total.